The highest BCUT2D eigenvalue weighted by molar-refractivity contribution is 7.47. The highest BCUT2D eigenvalue weighted by Gasteiger charge is 2.26. The molecule has 0 radical (unpaired) electrons. The zero-order chi connectivity index (χ0) is 34.0. The van der Waals surface area contributed by atoms with Gasteiger partial charge in [0.1, 0.15) is 0 Å². The summed E-state index contributed by atoms with van der Waals surface area (Å²) in [6.07, 6.45) is 36.6. The predicted molar refractivity (Wildman–Crippen MR) is 194 cm³/mol. The van der Waals surface area contributed by atoms with Crippen LogP contribution in [0.1, 0.15) is 174 Å². The number of amides is 1. The van der Waals surface area contributed by atoms with E-state index in [1.165, 1.54) is 122 Å². The van der Waals surface area contributed by atoms with E-state index in [0.717, 1.165) is 32.1 Å². The molecule has 0 aromatic carbocycles. The topological polar surface area (TPSA) is 131 Å². The number of hydrogen-bond donors (Lipinski definition) is 4. The molecule has 0 saturated carbocycles. The molecular formula is C37H73N2O6P. The number of hydrogen-bond acceptors (Lipinski definition) is 6. The summed E-state index contributed by atoms with van der Waals surface area (Å²) < 4.78 is 22.0. The third-order valence-corrected chi connectivity index (χ3v) is 9.32. The normalized spacial score (nSPS) is 14.6. The molecule has 0 rings (SSSR count). The zero-order valence-electron chi connectivity index (χ0n) is 29.8. The second-order valence-corrected chi connectivity index (χ2v) is 14.3. The van der Waals surface area contributed by atoms with Gasteiger partial charge in [0.15, 0.2) is 0 Å². The first kappa shape index (κ1) is 45.0. The molecule has 0 aliphatic heterocycles. The van der Waals surface area contributed by atoms with Crippen LogP contribution in [-0.4, -0.2) is 47.8 Å². The summed E-state index contributed by atoms with van der Waals surface area (Å²) in [5.41, 5.74) is 5.34. The van der Waals surface area contributed by atoms with Crippen molar-refractivity contribution in [3.05, 3.63) is 24.3 Å². The van der Waals surface area contributed by atoms with E-state index >= 15 is 0 Å². The minimum absolute atomic E-state index is 0.0734. The van der Waals surface area contributed by atoms with Crippen LogP contribution in [0.3, 0.4) is 0 Å². The molecule has 0 spiro atoms. The molecule has 8 nitrogen and oxygen atoms in total. The zero-order valence-corrected chi connectivity index (χ0v) is 30.7. The van der Waals surface area contributed by atoms with Crippen LogP contribution in [0.25, 0.3) is 0 Å². The number of carbonyl (C=O) groups excluding carboxylic acids is 1. The number of nitrogens with two attached hydrogens (primary N) is 1. The van der Waals surface area contributed by atoms with Crippen molar-refractivity contribution in [2.24, 2.45) is 5.73 Å². The van der Waals surface area contributed by atoms with Gasteiger partial charge in [0.2, 0.25) is 5.91 Å². The van der Waals surface area contributed by atoms with Crippen LogP contribution in [0.5, 0.6) is 0 Å². The van der Waals surface area contributed by atoms with E-state index < -0.39 is 20.0 Å². The van der Waals surface area contributed by atoms with Gasteiger partial charge in [0, 0.05) is 13.0 Å². The number of aliphatic hydroxyl groups is 1. The fourth-order valence-corrected chi connectivity index (χ4v) is 6.18. The van der Waals surface area contributed by atoms with Crippen LogP contribution < -0.4 is 11.1 Å². The minimum Gasteiger partial charge on any atom is -0.387 e. The molecule has 46 heavy (non-hydrogen) atoms. The molecular weight excluding hydrogens is 599 g/mol. The lowest BCUT2D eigenvalue weighted by atomic mass is 10.0. The lowest BCUT2D eigenvalue weighted by Crippen LogP contribution is -2.45. The summed E-state index contributed by atoms with van der Waals surface area (Å²) in [5, 5.41) is 13.5. The molecule has 3 atom stereocenters. The second-order valence-electron chi connectivity index (χ2n) is 12.8. The fourth-order valence-electron chi connectivity index (χ4n) is 5.42. The minimum atomic E-state index is -4.34. The van der Waals surface area contributed by atoms with Crippen molar-refractivity contribution in [1.82, 2.24) is 5.32 Å². The van der Waals surface area contributed by atoms with E-state index in [1.54, 1.807) is 12.2 Å². The highest BCUT2D eigenvalue weighted by Crippen LogP contribution is 2.43. The summed E-state index contributed by atoms with van der Waals surface area (Å²) >= 11 is 0. The van der Waals surface area contributed by atoms with Gasteiger partial charge in [-0.25, -0.2) is 4.57 Å². The molecule has 1 unspecified atom stereocenters. The van der Waals surface area contributed by atoms with E-state index in [4.69, 9.17) is 14.8 Å². The Hall–Kier alpha value is -1.02. The summed E-state index contributed by atoms with van der Waals surface area (Å²) in [6.45, 7) is 4.07. The Morgan fingerprint density at radius 2 is 1.17 bits per heavy atom. The van der Waals surface area contributed by atoms with Gasteiger partial charge < -0.3 is 21.1 Å². The number of nitrogens with one attached hydrogen (secondary N) is 1. The molecule has 0 aliphatic rings. The Labute approximate surface area is 283 Å². The van der Waals surface area contributed by atoms with Crippen molar-refractivity contribution in [2.45, 2.75) is 187 Å². The molecule has 0 saturated heterocycles. The van der Waals surface area contributed by atoms with Crippen LogP contribution in [0.4, 0.5) is 0 Å². The monoisotopic (exact) mass is 673 g/mol. The van der Waals surface area contributed by atoms with E-state index in [-0.39, 0.29) is 25.7 Å². The van der Waals surface area contributed by atoms with Gasteiger partial charge in [-0.2, -0.15) is 0 Å². The lowest BCUT2D eigenvalue weighted by molar-refractivity contribution is -0.123. The summed E-state index contributed by atoms with van der Waals surface area (Å²) in [6, 6.07) is -0.886. The van der Waals surface area contributed by atoms with Crippen LogP contribution in [0, 0.1) is 0 Å². The van der Waals surface area contributed by atoms with Crippen LogP contribution in [0.15, 0.2) is 24.3 Å². The van der Waals surface area contributed by atoms with E-state index in [1.807, 2.05) is 6.08 Å². The quantitative estimate of drug-likeness (QED) is 0.0299. The molecule has 9 heteroatoms. The maximum absolute atomic E-state index is 12.7. The van der Waals surface area contributed by atoms with Crippen molar-refractivity contribution in [1.29, 1.82) is 0 Å². The maximum Gasteiger partial charge on any atom is 0.472 e. The average molecular weight is 673 g/mol. The van der Waals surface area contributed by atoms with Crippen LogP contribution in [0.2, 0.25) is 0 Å². The number of phosphoric ester groups is 1. The van der Waals surface area contributed by atoms with E-state index in [9.17, 15) is 19.4 Å². The Bertz CT molecular complexity index is 779. The molecule has 5 N–H and O–H groups in total. The van der Waals surface area contributed by atoms with Crippen molar-refractivity contribution in [3.8, 4) is 0 Å². The number of rotatable bonds is 35. The number of phosphoric acid groups is 1. The van der Waals surface area contributed by atoms with Gasteiger partial charge in [-0.3, -0.25) is 13.8 Å². The Morgan fingerprint density at radius 1 is 0.717 bits per heavy atom. The van der Waals surface area contributed by atoms with Gasteiger partial charge in [-0.15, -0.1) is 0 Å². The number of aliphatic hydroxyl groups excluding tert-OH is 1. The molecule has 0 aliphatic carbocycles. The first-order valence-corrected chi connectivity index (χ1v) is 20.5. The number of carbonyl (C=O) groups is 1. The number of allylic oxidation sites excluding steroid dienone is 3. The SMILES string of the molecule is CCCCCCCCC/C=C/C=C/[C@@H](O)[C@H](COP(=O)(O)OCCN)NC(=O)CCCCCCCCCCCCCCCCCC. The van der Waals surface area contributed by atoms with Crippen molar-refractivity contribution in [3.63, 3.8) is 0 Å². The van der Waals surface area contributed by atoms with Gasteiger partial charge in [-0.1, -0.05) is 173 Å². The maximum atomic E-state index is 12.7. The molecule has 0 bridgehead atoms. The third kappa shape index (κ3) is 31.6. The molecule has 0 aromatic heterocycles. The van der Waals surface area contributed by atoms with Gasteiger partial charge in [0.25, 0.3) is 0 Å². The standard InChI is InChI=1S/C37H73N2O6P/c1-3-5-7-9-11-13-15-16-17-18-19-21-23-25-27-29-31-37(41)39-35(34-45-46(42,43)44-33-32-38)36(40)30-28-26-24-22-20-14-12-10-8-6-4-2/h24,26,28,30,35-36,40H,3-23,25,27,29,31-34,38H2,1-2H3,(H,39,41)(H,42,43)/b26-24+,30-28+/t35-,36+/m0/s1. The smallest absolute Gasteiger partial charge is 0.387 e. The Balaban J connectivity index is 4.30. The van der Waals surface area contributed by atoms with Gasteiger partial charge >= 0.3 is 7.82 Å². The number of unbranched alkanes of at least 4 members (excludes halogenated alkanes) is 22. The summed E-state index contributed by atoms with van der Waals surface area (Å²) in [7, 11) is -4.34. The molecule has 1 amide bonds. The van der Waals surface area contributed by atoms with Crippen molar-refractivity contribution >= 4 is 13.7 Å². The molecule has 0 heterocycles. The van der Waals surface area contributed by atoms with Crippen LogP contribution in [-0.2, 0) is 18.4 Å². The largest absolute Gasteiger partial charge is 0.472 e. The van der Waals surface area contributed by atoms with E-state index in [0.29, 0.717) is 6.42 Å². The lowest BCUT2D eigenvalue weighted by Gasteiger charge is -2.23. The van der Waals surface area contributed by atoms with Crippen molar-refractivity contribution in [2.75, 3.05) is 19.8 Å². The third-order valence-electron chi connectivity index (χ3n) is 8.34. The molecule has 0 fully saturated rings. The highest BCUT2D eigenvalue weighted by atomic mass is 31.2. The summed E-state index contributed by atoms with van der Waals surface area (Å²) in [4.78, 5) is 22.5. The second kappa shape index (κ2) is 33.9. The van der Waals surface area contributed by atoms with E-state index in [2.05, 4.69) is 25.2 Å². The van der Waals surface area contributed by atoms with Gasteiger partial charge in [-0.05, 0) is 19.3 Å². The van der Waals surface area contributed by atoms with Crippen LogP contribution >= 0.6 is 7.82 Å². The van der Waals surface area contributed by atoms with Crippen molar-refractivity contribution < 1.29 is 28.4 Å². The first-order valence-electron chi connectivity index (χ1n) is 19.0. The van der Waals surface area contributed by atoms with Gasteiger partial charge in [0.05, 0.1) is 25.4 Å². The fraction of sp³-hybridized carbons (Fsp3) is 0.865. The predicted octanol–water partition coefficient (Wildman–Crippen LogP) is 9.83. The Kier molecular flexibility index (Phi) is 33.1. The Morgan fingerprint density at radius 3 is 1.65 bits per heavy atom. The molecule has 0 aromatic rings. The summed E-state index contributed by atoms with van der Waals surface area (Å²) in [5.74, 6) is -0.212. The average Bonchev–Trinajstić information content (AvgIpc) is 3.04. The first-order chi connectivity index (χ1) is 22.4. The molecule has 272 valence electrons.